The summed E-state index contributed by atoms with van der Waals surface area (Å²) in [6.07, 6.45) is 0.111. The molecule has 3 amide bonds. The van der Waals surface area contributed by atoms with Gasteiger partial charge in [0, 0.05) is 30.9 Å². The van der Waals surface area contributed by atoms with Gasteiger partial charge in [0.05, 0.1) is 13.5 Å². The summed E-state index contributed by atoms with van der Waals surface area (Å²) in [5.41, 5.74) is 3.22. The molecule has 0 radical (unpaired) electrons. The summed E-state index contributed by atoms with van der Waals surface area (Å²) in [6.45, 7) is 1.41. The first-order valence-electron chi connectivity index (χ1n) is 9.60. The average Bonchev–Trinajstić information content (AvgIpc) is 2.73. The molecule has 8 heteroatoms. The molecule has 0 fully saturated rings. The standard InChI is InChI=1S/C22H28N4O4/c1-26(2)15-18-7-5-4-6-17(18)14-24-22(29)25-19-10-8-16(9-11-19)21(28)23-13-12-20(27)30-3/h4-11H,12-15H2,1-3H3,(H,23,28)(H2,24,25,29). The predicted molar refractivity (Wildman–Crippen MR) is 115 cm³/mol. The zero-order valence-corrected chi connectivity index (χ0v) is 17.5. The summed E-state index contributed by atoms with van der Waals surface area (Å²) in [5, 5.41) is 8.24. The number of amides is 3. The smallest absolute Gasteiger partial charge is 0.319 e. The van der Waals surface area contributed by atoms with Crippen LogP contribution in [0.25, 0.3) is 0 Å². The fraction of sp³-hybridized carbons (Fsp3) is 0.318. The molecule has 0 unspecified atom stereocenters. The number of hydrogen-bond acceptors (Lipinski definition) is 5. The molecule has 0 spiro atoms. The number of rotatable bonds is 9. The minimum absolute atomic E-state index is 0.111. The molecule has 0 atom stereocenters. The summed E-state index contributed by atoms with van der Waals surface area (Å²) in [7, 11) is 5.30. The lowest BCUT2D eigenvalue weighted by atomic mass is 10.1. The molecule has 8 nitrogen and oxygen atoms in total. The molecule has 0 bridgehead atoms. The van der Waals surface area contributed by atoms with Gasteiger partial charge in [0.2, 0.25) is 0 Å². The van der Waals surface area contributed by atoms with Crippen molar-refractivity contribution in [2.75, 3.05) is 33.1 Å². The van der Waals surface area contributed by atoms with E-state index in [2.05, 4.69) is 25.6 Å². The Balaban J connectivity index is 1.83. The van der Waals surface area contributed by atoms with E-state index in [4.69, 9.17) is 0 Å². The van der Waals surface area contributed by atoms with Crippen molar-refractivity contribution in [3.8, 4) is 0 Å². The maximum absolute atomic E-state index is 12.2. The Kier molecular flexibility index (Phi) is 8.83. The van der Waals surface area contributed by atoms with E-state index in [9.17, 15) is 14.4 Å². The van der Waals surface area contributed by atoms with Crippen LogP contribution in [0.4, 0.5) is 10.5 Å². The molecule has 2 aromatic carbocycles. The monoisotopic (exact) mass is 412 g/mol. The summed E-state index contributed by atoms with van der Waals surface area (Å²) in [5.74, 6) is -0.683. The summed E-state index contributed by atoms with van der Waals surface area (Å²) >= 11 is 0. The van der Waals surface area contributed by atoms with E-state index in [1.165, 1.54) is 7.11 Å². The number of urea groups is 1. The molecule has 0 aliphatic rings. The van der Waals surface area contributed by atoms with Crippen molar-refractivity contribution in [1.29, 1.82) is 0 Å². The van der Waals surface area contributed by atoms with E-state index in [1.54, 1.807) is 24.3 Å². The van der Waals surface area contributed by atoms with Gasteiger partial charge in [-0.1, -0.05) is 24.3 Å². The van der Waals surface area contributed by atoms with Crippen molar-refractivity contribution in [3.63, 3.8) is 0 Å². The highest BCUT2D eigenvalue weighted by molar-refractivity contribution is 5.95. The van der Waals surface area contributed by atoms with E-state index < -0.39 is 0 Å². The lowest BCUT2D eigenvalue weighted by molar-refractivity contribution is -0.140. The fourth-order valence-electron chi connectivity index (χ4n) is 2.76. The van der Waals surface area contributed by atoms with Crippen LogP contribution in [0.3, 0.4) is 0 Å². The van der Waals surface area contributed by atoms with Gasteiger partial charge in [-0.3, -0.25) is 9.59 Å². The third kappa shape index (κ3) is 7.56. The van der Waals surface area contributed by atoms with Gasteiger partial charge < -0.3 is 25.6 Å². The second-order valence-electron chi connectivity index (χ2n) is 6.97. The first kappa shape index (κ1) is 22.9. The summed E-state index contributed by atoms with van der Waals surface area (Å²) in [4.78, 5) is 37.4. The zero-order chi connectivity index (χ0) is 21.9. The highest BCUT2D eigenvalue weighted by Gasteiger charge is 2.09. The molecule has 0 aliphatic carbocycles. The number of nitrogens with zero attached hydrogens (tertiary/aromatic N) is 1. The van der Waals surface area contributed by atoms with E-state index in [0.717, 1.165) is 17.7 Å². The van der Waals surface area contributed by atoms with Gasteiger partial charge in [-0.2, -0.15) is 0 Å². The SMILES string of the molecule is COC(=O)CCNC(=O)c1ccc(NC(=O)NCc2ccccc2CN(C)C)cc1. The Hall–Kier alpha value is -3.39. The van der Waals surface area contributed by atoms with Gasteiger partial charge in [0.25, 0.3) is 5.91 Å². The number of hydrogen-bond donors (Lipinski definition) is 3. The van der Waals surface area contributed by atoms with Crippen LogP contribution in [0, 0.1) is 0 Å². The van der Waals surface area contributed by atoms with Crippen LogP contribution in [0.2, 0.25) is 0 Å². The Bertz CT molecular complexity index is 866. The number of ether oxygens (including phenoxy) is 1. The molecular weight excluding hydrogens is 384 g/mol. The molecule has 2 rings (SSSR count). The van der Waals surface area contributed by atoms with Crippen LogP contribution in [0.5, 0.6) is 0 Å². The zero-order valence-electron chi connectivity index (χ0n) is 17.5. The molecule has 0 saturated heterocycles. The van der Waals surface area contributed by atoms with Crippen LogP contribution < -0.4 is 16.0 Å². The predicted octanol–water partition coefficient (Wildman–Crippen LogP) is 2.36. The number of carbonyl (C=O) groups is 3. The van der Waals surface area contributed by atoms with Crippen LogP contribution in [0.15, 0.2) is 48.5 Å². The minimum atomic E-state index is -0.384. The van der Waals surface area contributed by atoms with Gasteiger partial charge >= 0.3 is 12.0 Å². The number of esters is 1. The van der Waals surface area contributed by atoms with Gasteiger partial charge in [0.1, 0.15) is 0 Å². The van der Waals surface area contributed by atoms with Crippen LogP contribution >= 0.6 is 0 Å². The number of nitrogens with one attached hydrogen (secondary N) is 3. The second-order valence-corrected chi connectivity index (χ2v) is 6.97. The molecule has 30 heavy (non-hydrogen) atoms. The van der Waals surface area contributed by atoms with Crippen LogP contribution in [0.1, 0.15) is 27.9 Å². The van der Waals surface area contributed by atoms with E-state index >= 15 is 0 Å². The molecule has 0 saturated carbocycles. The van der Waals surface area contributed by atoms with Crippen molar-refractivity contribution >= 4 is 23.6 Å². The van der Waals surface area contributed by atoms with E-state index in [-0.39, 0.29) is 30.9 Å². The highest BCUT2D eigenvalue weighted by atomic mass is 16.5. The molecule has 0 heterocycles. The van der Waals surface area contributed by atoms with Gasteiger partial charge in [-0.25, -0.2) is 4.79 Å². The van der Waals surface area contributed by atoms with E-state index in [0.29, 0.717) is 17.8 Å². The lowest BCUT2D eigenvalue weighted by Gasteiger charge is -2.15. The van der Waals surface area contributed by atoms with Crippen molar-refractivity contribution < 1.29 is 19.1 Å². The topological polar surface area (TPSA) is 99.8 Å². The Labute approximate surface area is 176 Å². The van der Waals surface area contributed by atoms with E-state index in [1.807, 2.05) is 38.4 Å². The molecule has 3 N–H and O–H groups in total. The van der Waals surface area contributed by atoms with Crippen molar-refractivity contribution in [2.24, 2.45) is 0 Å². The van der Waals surface area contributed by atoms with Crippen LogP contribution in [-0.2, 0) is 22.6 Å². The number of methoxy groups -OCH3 is 1. The summed E-state index contributed by atoms with van der Waals surface area (Å²) < 4.78 is 4.52. The number of benzene rings is 2. The Morgan fingerprint density at radius 1 is 0.933 bits per heavy atom. The first-order chi connectivity index (χ1) is 14.4. The maximum atomic E-state index is 12.2. The molecule has 2 aromatic rings. The lowest BCUT2D eigenvalue weighted by Crippen LogP contribution is -2.29. The number of anilines is 1. The number of carbonyl (C=O) groups excluding carboxylic acids is 3. The molecule has 160 valence electrons. The largest absolute Gasteiger partial charge is 0.469 e. The van der Waals surface area contributed by atoms with Crippen molar-refractivity contribution in [3.05, 3.63) is 65.2 Å². The quantitative estimate of drug-likeness (QED) is 0.549. The van der Waals surface area contributed by atoms with Crippen molar-refractivity contribution in [2.45, 2.75) is 19.5 Å². The Morgan fingerprint density at radius 2 is 1.60 bits per heavy atom. The third-order valence-corrected chi connectivity index (χ3v) is 4.29. The Morgan fingerprint density at radius 3 is 2.23 bits per heavy atom. The highest BCUT2D eigenvalue weighted by Crippen LogP contribution is 2.12. The minimum Gasteiger partial charge on any atom is -0.469 e. The first-order valence-corrected chi connectivity index (χ1v) is 9.60. The van der Waals surface area contributed by atoms with Gasteiger partial charge in [-0.15, -0.1) is 0 Å². The summed E-state index contributed by atoms with van der Waals surface area (Å²) in [6, 6.07) is 14.1. The normalized spacial score (nSPS) is 10.4. The second kappa shape index (κ2) is 11.6. The van der Waals surface area contributed by atoms with Crippen molar-refractivity contribution in [1.82, 2.24) is 15.5 Å². The maximum Gasteiger partial charge on any atom is 0.319 e. The van der Waals surface area contributed by atoms with Gasteiger partial charge in [0.15, 0.2) is 0 Å². The molecular formula is C22H28N4O4. The third-order valence-electron chi connectivity index (χ3n) is 4.29. The molecule has 0 aromatic heterocycles. The fourth-order valence-corrected chi connectivity index (χ4v) is 2.76. The van der Waals surface area contributed by atoms with Gasteiger partial charge in [-0.05, 0) is 49.5 Å². The molecule has 0 aliphatic heterocycles. The van der Waals surface area contributed by atoms with Crippen LogP contribution in [-0.4, -0.2) is 50.6 Å². The average molecular weight is 412 g/mol.